The molecule has 1 aliphatic heterocycles. The second-order valence-corrected chi connectivity index (χ2v) is 6.34. The molecule has 1 saturated heterocycles. The molecule has 0 saturated carbocycles. The molecule has 2 heterocycles. The van der Waals surface area contributed by atoms with Crippen LogP contribution < -0.4 is 15.4 Å². The third-order valence-electron chi connectivity index (χ3n) is 4.49. The van der Waals surface area contributed by atoms with Crippen molar-refractivity contribution in [2.45, 2.75) is 13.0 Å². The lowest BCUT2D eigenvalue weighted by molar-refractivity contribution is -0.118. The van der Waals surface area contributed by atoms with Crippen molar-refractivity contribution in [3.63, 3.8) is 0 Å². The van der Waals surface area contributed by atoms with E-state index in [2.05, 4.69) is 20.5 Å². The van der Waals surface area contributed by atoms with Gasteiger partial charge in [-0.1, -0.05) is 6.07 Å². The van der Waals surface area contributed by atoms with Gasteiger partial charge in [-0.05, 0) is 24.6 Å². The van der Waals surface area contributed by atoms with Crippen LogP contribution in [0, 0.1) is 6.92 Å². The zero-order valence-electron chi connectivity index (χ0n) is 15.4. The molecule has 1 unspecified atom stereocenters. The minimum absolute atomic E-state index is 0. The van der Waals surface area contributed by atoms with Gasteiger partial charge in [-0.3, -0.25) is 9.69 Å². The molecule has 7 nitrogen and oxygen atoms in total. The van der Waals surface area contributed by atoms with Gasteiger partial charge in [0.1, 0.15) is 11.6 Å². The number of hydrogen-bond acceptors (Lipinski definition) is 5. The Bertz CT molecular complexity index is 749. The van der Waals surface area contributed by atoms with E-state index in [9.17, 15) is 4.79 Å². The van der Waals surface area contributed by atoms with Gasteiger partial charge in [0.05, 0.1) is 25.4 Å². The van der Waals surface area contributed by atoms with Gasteiger partial charge in [-0.2, -0.15) is 0 Å². The summed E-state index contributed by atoms with van der Waals surface area (Å²) < 4.78 is 7.34. The fraction of sp³-hybridized carbons (Fsp3) is 0.444. The standard InChI is InChI=1S/C18H25N5O2.ClH/c1-13-4-5-16(25-3)14(10-13)21-17(24)12-23-9-6-19-11-15(23)18-20-7-8-22(18)2;/h4-5,7-8,10,15,19H,6,9,11-12H2,1-3H3,(H,21,24);1H. The van der Waals surface area contributed by atoms with E-state index < -0.39 is 0 Å². The van der Waals surface area contributed by atoms with Crippen LogP contribution in [0.25, 0.3) is 0 Å². The SMILES string of the molecule is COc1ccc(C)cc1NC(=O)CN1CCNCC1c1nccn1C.Cl. The summed E-state index contributed by atoms with van der Waals surface area (Å²) in [6.45, 7) is 4.75. The van der Waals surface area contributed by atoms with Crippen molar-refractivity contribution >= 4 is 24.0 Å². The minimum atomic E-state index is -0.0509. The number of aryl methyl sites for hydroxylation is 2. The molecule has 1 atom stereocenters. The zero-order chi connectivity index (χ0) is 17.8. The van der Waals surface area contributed by atoms with Gasteiger partial charge in [0.15, 0.2) is 0 Å². The molecule has 1 aromatic carbocycles. The quantitative estimate of drug-likeness (QED) is 0.828. The Labute approximate surface area is 160 Å². The molecular weight excluding hydrogens is 354 g/mol. The van der Waals surface area contributed by atoms with Crippen molar-refractivity contribution in [1.29, 1.82) is 0 Å². The van der Waals surface area contributed by atoms with Crippen LogP contribution >= 0.6 is 12.4 Å². The number of carbonyl (C=O) groups excluding carboxylic acids is 1. The molecule has 1 fully saturated rings. The zero-order valence-corrected chi connectivity index (χ0v) is 16.2. The number of imidazole rings is 1. The summed E-state index contributed by atoms with van der Waals surface area (Å²) in [4.78, 5) is 19.2. The molecule has 2 aromatic rings. The summed E-state index contributed by atoms with van der Waals surface area (Å²) >= 11 is 0. The van der Waals surface area contributed by atoms with Crippen LogP contribution in [0.3, 0.4) is 0 Å². The Morgan fingerprint density at radius 3 is 2.96 bits per heavy atom. The number of piperazine rings is 1. The highest BCUT2D eigenvalue weighted by Gasteiger charge is 2.28. The van der Waals surface area contributed by atoms with Crippen LogP contribution in [0.15, 0.2) is 30.6 Å². The lowest BCUT2D eigenvalue weighted by Gasteiger charge is -2.35. The Kier molecular flexibility index (Phi) is 7.02. The Morgan fingerprint density at radius 2 is 2.27 bits per heavy atom. The molecule has 0 spiro atoms. The second-order valence-electron chi connectivity index (χ2n) is 6.34. The van der Waals surface area contributed by atoms with Crippen molar-refractivity contribution in [3.05, 3.63) is 42.0 Å². The Hall–Kier alpha value is -2.09. The average molecular weight is 380 g/mol. The fourth-order valence-electron chi connectivity index (χ4n) is 3.18. The summed E-state index contributed by atoms with van der Waals surface area (Å²) in [6.07, 6.45) is 3.72. The number of halogens is 1. The molecule has 0 aliphatic carbocycles. The molecule has 8 heteroatoms. The normalized spacial score (nSPS) is 17.4. The molecule has 1 aromatic heterocycles. The Balaban J connectivity index is 0.00000243. The molecule has 1 amide bonds. The molecule has 0 bridgehead atoms. The third kappa shape index (κ3) is 4.55. The highest BCUT2D eigenvalue weighted by atomic mass is 35.5. The number of methoxy groups -OCH3 is 1. The van der Waals surface area contributed by atoms with Crippen molar-refractivity contribution in [3.8, 4) is 5.75 Å². The molecule has 142 valence electrons. The van der Waals surface area contributed by atoms with Crippen LogP contribution in [-0.2, 0) is 11.8 Å². The van der Waals surface area contributed by atoms with Crippen LogP contribution in [0.2, 0.25) is 0 Å². The number of benzene rings is 1. The second kappa shape index (κ2) is 9.02. The third-order valence-corrected chi connectivity index (χ3v) is 4.49. The summed E-state index contributed by atoms with van der Waals surface area (Å²) in [5, 5.41) is 6.36. The van der Waals surface area contributed by atoms with E-state index in [1.165, 1.54) is 0 Å². The van der Waals surface area contributed by atoms with Gasteiger partial charge >= 0.3 is 0 Å². The van der Waals surface area contributed by atoms with Crippen LogP contribution in [0.4, 0.5) is 5.69 Å². The van der Waals surface area contributed by atoms with E-state index in [4.69, 9.17) is 4.74 Å². The molecule has 3 rings (SSSR count). The van der Waals surface area contributed by atoms with Crippen LogP contribution in [-0.4, -0.2) is 53.6 Å². The number of amides is 1. The smallest absolute Gasteiger partial charge is 0.238 e. The molecule has 1 aliphatic rings. The summed E-state index contributed by atoms with van der Waals surface area (Å²) in [5.74, 6) is 1.58. The van der Waals surface area contributed by atoms with Gasteiger partial charge in [-0.25, -0.2) is 4.98 Å². The van der Waals surface area contributed by atoms with Gasteiger partial charge in [0.2, 0.25) is 5.91 Å². The first-order valence-electron chi connectivity index (χ1n) is 8.45. The molecule has 2 N–H and O–H groups in total. The predicted octanol–water partition coefficient (Wildman–Crippen LogP) is 1.74. The number of carbonyl (C=O) groups is 1. The fourth-order valence-corrected chi connectivity index (χ4v) is 3.18. The number of anilines is 1. The summed E-state index contributed by atoms with van der Waals surface area (Å²) in [5.41, 5.74) is 1.78. The average Bonchev–Trinajstić information content (AvgIpc) is 3.01. The van der Waals surface area contributed by atoms with Gasteiger partial charge in [-0.15, -0.1) is 12.4 Å². The number of ether oxygens (including phenoxy) is 1. The van der Waals surface area contributed by atoms with Crippen molar-refractivity contribution in [1.82, 2.24) is 19.8 Å². The van der Waals surface area contributed by atoms with E-state index in [-0.39, 0.29) is 24.4 Å². The maximum Gasteiger partial charge on any atom is 0.238 e. The first kappa shape index (κ1) is 20.2. The minimum Gasteiger partial charge on any atom is -0.495 e. The monoisotopic (exact) mass is 379 g/mol. The van der Waals surface area contributed by atoms with Gasteiger partial charge < -0.3 is 19.9 Å². The maximum absolute atomic E-state index is 12.6. The highest BCUT2D eigenvalue weighted by molar-refractivity contribution is 5.93. The van der Waals surface area contributed by atoms with Crippen molar-refractivity contribution in [2.75, 3.05) is 38.6 Å². The van der Waals surface area contributed by atoms with E-state index in [0.29, 0.717) is 18.0 Å². The largest absolute Gasteiger partial charge is 0.495 e. The highest BCUT2D eigenvalue weighted by Crippen LogP contribution is 2.26. The maximum atomic E-state index is 12.6. The number of hydrogen-bond donors (Lipinski definition) is 2. The van der Waals surface area contributed by atoms with Crippen molar-refractivity contribution < 1.29 is 9.53 Å². The molecule has 26 heavy (non-hydrogen) atoms. The topological polar surface area (TPSA) is 71.4 Å². The lowest BCUT2D eigenvalue weighted by atomic mass is 10.1. The Morgan fingerprint density at radius 1 is 1.46 bits per heavy atom. The van der Waals surface area contributed by atoms with E-state index in [1.54, 1.807) is 13.3 Å². The first-order chi connectivity index (χ1) is 12.1. The summed E-state index contributed by atoms with van der Waals surface area (Å²) in [7, 11) is 3.58. The molecule has 0 radical (unpaired) electrons. The number of nitrogens with zero attached hydrogens (tertiary/aromatic N) is 3. The van der Waals surface area contributed by atoms with E-state index in [0.717, 1.165) is 31.0 Å². The van der Waals surface area contributed by atoms with E-state index in [1.807, 2.05) is 42.9 Å². The lowest BCUT2D eigenvalue weighted by Crippen LogP contribution is -2.49. The van der Waals surface area contributed by atoms with Crippen molar-refractivity contribution in [2.24, 2.45) is 7.05 Å². The van der Waals surface area contributed by atoms with Gasteiger partial charge in [0.25, 0.3) is 0 Å². The van der Waals surface area contributed by atoms with Gasteiger partial charge in [0, 0.05) is 39.1 Å². The predicted molar refractivity (Wildman–Crippen MR) is 104 cm³/mol. The van der Waals surface area contributed by atoms with E-state index >= 15 is 0 Å². The number of rotatable bonds is 5. The first-order valence-corrected chi connectivity index (χ1v) is 8.45. The number of nitrogens with one attached hydrogen (secondary N) is 2. The number of aromatic nitrogens is 2. The van der Waals surface area contributed by atoms with Crippen LogP contribution in [0.5, 0.6) is 5.75 Å². The van der Waals surface area contributed by atoms with Crippen LogP contribution in [0.1, 0.15) is 17.4 Å². The summed E-state index contributed by atoms with van der Waals surface area (Å²) in [6, 6.07) is 5.83. The molecular formula is C18H26ClN5O2.